The molecule has 1 aromatic carbocycles. The molecule has 0 radical (unpaired) electrons. The fourth-order valence-corrected chi connectivity index (χ4v) is 3.72. The predicted octanol–water partition coefficient (Wildman–Crippen LogP) is 2.56. The molecule has 1 aromatic rings. The fraction of sp³-hybridized carbons (Fsp3) is 0.471. The number of rotatable bonds is 3. The second kappa shape index (κ2) is 5.94. The zero-order valence-electron chi connectivity index (χ0n) is 12.8. The molecule has 0 unspecified atom stereocenters. The van der Waals surface area contributed by atoms with Crippen LogP contribution in [0.15, 0.2) is 24.3 Å². The van der Waals surface area contributed by atoms with Gasteiger partial charge in [0.15, 0.2) is 0 Å². The van der Waals surface area contributed by atoms with E-state index in [0.29, 0.717) is 10.6 Å². The third-order valence-corrected chi connectivity index (χ3v) is 4.65. The van der Waals surface area contributed by atoms with Gasteiger partial charge in [0.2, 0.25) is 0 Å². The molecule has 4 atom stereocenters. The minimum Gasteiger partial charge on any atom is -0.389 e. The second-order valence-electron chi connectivity index (χ2n) is 6.25. The summed E-state index contributed by atoms with van der Waals surface area (Å²) in [4.78, 5) is 36.5. The van der Waals surface area contributed by atoms with E-state index in [1.165, 1.54) is 20.8 Å². The zero-order chi connectivity index (χ0) is 16.7. The van der Waals surface area contributed by atoms with Crippen LogP contribution in [0.3, 0.4) is 0 Å². The topological polar surface area (TPSA) is 71.4 Å². The molecule has 1 N–H and O–H groups in total. The second-order valence-corrected chi connectivity index (χ2v) is 6.69. The predicted molar refractivity (Wildman–Crippen MR) is 82.8 cm³/mol. The highest BCUT2D eigenvalue weighted by Gasteiger charge is 2.53. The molecule has 5 heteroatoms. The number of carbonyl (C=O) groups excluding carboxylic acids is 3. The molecule has 0 aliphatic heterocycles. The molecule has 0 saturated heterocycles. The minimum atomic E-state index is -1.46. The number of Topliss-reactive ketones (excluding diaryl/α,β-unsaturated/α-hetero) is 3. The average Bonchev–Trinajstić information content (AvgIpc) is 2.36. The number of aliphatic hydroxyl groups is 1. The average molecular weight is 323 g/mol. The van der Waals surface area contributed by atoms with Crippen LogP contribution in [0.2, 0.25) is 5.02 Å². The lowest BCUT2D eigenvalue weighted by Gasteiger charge is -2.44. The van der Waals surface area contributed by atoms with Gasteiger partial charge in [0.1, 0.15) is 17.3 Å². The van der Waals surface area contributed by atoms with Crippen molar-refractivity contribution in [1.29, 1.82) is 0 Å². The van der Waals surface area contributed by atoms with Crippen molar-refractivity contribution >= 4 is 29.0 Å². The van der Waals surface area contributed by atoms with Gasteiger partial charge in [0, 0.05) is 17.4 Å². The Labute approximate surface area is 134 Å². The number of carbonyl (C=O) groups is 3. The molecule has 0 amide bonds. The summed E-state index contributed by atoms with van der Waals surface area (Å²) in [6.07, 6.45) is -0.189. The number of benzene rings is 1. The molecule has 1 aliphatic carbocycles. The van der Waals surface area contributed by atoms with Crippen molar-refractivity contribution in [3.63, 3.8) is 0 Å². The van der Waals surface area contributed by atoms with Crippen molar-refractivity contribution in [1.82, 2.24) is 0 Å². The van der Waals surface area contributed by atoms with E-state index in [1.54, 1.807) is 24.3 Å². The summed E-state index contributed by atoms with van der Waals surface area (Å²) in [6.45, 7) is 4.22. The Morgan fingerprint density at radius 2 is 1.73 bits per heavy atom. The Bertz CT molecular complexity index is 618. The largest absolute Gasteiger partial charge is 0.389 e. The third-order valence-electron chi connectivity index (χ3n) is 4.40. The highest BCUT2D eigenvalue weighted by Crippen LogP contribution is 2.46. The lowest BCUT2D eigenvalue weighted by atomic mass is 9.60. The molecule has 0 aromatic heterocycles. The summed E-state index contributed by atoms with van der Waals surface area (Å²) in [7, 11) is 0. The van der Waals surface area contributed by atoms with E-state index in [2.05, 4.69) is 0 Å². The van der Waals surface area contributed by atoms with Crippen LogP contribution in [0.4, 0.5) is 0 Å². The maximum Gasteiger partial charge on any atom is 0.146 e. The van der Waals surface area contributed by atoms with Gasteiger partial charge in [-0.2, -0.15) is 0 Å². The van der Waals surface area contributed by atoms with Crippen LogP contribution >= 0.6 is 11.6 Å². The first-order chi connectivity index (χ1) is 10.1. The van der Waals surface area contributed by atoms with Gasteiger partial charge >= 0.3 is 0 Å². The van der Waals surface area contributed by atoms with Crippen LogP contribution in [0, 0.1) is 11.8 Å². The van der Waals surface area contributed by atoms with Gasteiger partial charge in [-0.05, 0) is 38.5 Å². The summed E-state index contributed by atoms with van der Waals surface area (Å²) in [5.41, 5.74) is -0.794. The van der Waals surface area contributed by atoms with Gasteiger partial charge in [-0.3, -0.25) is 14.4 Å². The van der Waals surface area contributed by atoms with E-state index >= 15 is 0 Å². The Morgan fingerprint density at radius 1 is 1.18 bits per heavy atom. The number of hydrogen-bond acceptors (Lipinski definition) is 4. The fourth-order valence-electron chi connectivity index (χ4n) is 3.59. The van der Waals surface area contributed by atoms with Gasteiger partial charge in [-0.15, -0.1) is 0 Å². The summed E-state index contributed by atoms with van der Waals surface area (Å²) >= 11 is 5.88. The standard InChI is InChI=1S/C17H19ClO4/c1-9(19)14-13(21)8-17(3,22)16(10(2)20)15(14)11-4-6-12(18)7-5-11/h4-7,14-16,22H,8H2,1-3H3/t14-,15-,16+,17+/m1/s1. The monoisotopic (exact) mass is 322 g/mol. The summed E-state index contributed by atoms with van der Waals surface area (Å²) in [6, 6.07) is 6.71. The molecule has 4 nitrogen and oxygen atoms in total. The lowest BCUT2D eigenvalue weighted by molar-refractivity contribution is -0.151. The third kappa shape index (κ3) is 2.99. The maximum atomic E-state index is 12.4. The maximum absolute atomic E-state index is 12.4. The Balaban J connectivity index is 2.61. The van der Waals surface area contributed by atoms with Crippen LogP contribution in [-0.2, 0) is 14.4 Å². The van der Waals surface area contributed by atoms with E-state index in [1.807, 2.05) is 0 Å². The van der Waals surface area contributed by atoms with Crippen molar-refractivity contribution < 1.29 is 19.5 Å². The van der Waals surface area contributed by atoms with Gasteiger partial charge in [-0.25, -0.2) is 0 Å². The number of hydrogen-bond donors (Lipinski definition) is 1. The van der Waals surface area contributed by atoms with Crippen molar-refractivity contribution in [2.75, 3.05) is 0 Å². The van der Waals surface area contributed by atoms with Crippen molar-refractivity contribution in [3.8, 4) is 0 Å². The first-order valence-corrected chi connectivity index (χ1v) is 7.54. The molecular weight excluding hydrogens is 304 g/mol. The zero-order valence-corrected chi connectivity index (χ0v) is 13.6. The normalized spacial score (nSPS) is 31.9. The number of halogens is 1. The summed E-state index contributed by atoms with van der Waals surface area (Å²) in [5.74, 6) is -3.22. The molecule has 2 rings (SSSR count). The lowest BCUT2D eigenvalue weighted by Crippen LogP contribution is -2.53. The van der Waals surface area contributed by atoms with Crippen LogP contribution in [0.1, 0.15) is 38.7 Å². The Kier molecular flexibility index (Phi) is 4.54. The Morgan fingerprint density at radius 3 is 2.18 bits per heavy atom. The van der Waals surface area contributed by atoms with Crippen LogP contribution < -0.4 is 0 Å². The van der Waals surface area contributed by atoms with E-state index in [-0.39, 0.29) is 23.8 Å². The van der Waals surface area contributed by atoms with Gasteiger partial charge < -0.3 is 5.11 Å². The molecule has 1 fully saturated rings. The van der Waals surface area contributed by atoms with Crippen LogP contribution in [0.5, 0.6) is 0 Å². The highest BCUT2D eigenvalue weighted by atomic mass is 35.5. The molecule has 118 valence electrons. The van der Waals surface area contributed by atoms with Crippen molar-refractivity contribution in [3.05, 3.63) is 34.9 Å². The van der Waals surface area contributed by atoms with Crippen molar-refractivity contribution in [2.24, 2.45) is 11.8 Å². The molecular formula is C17H19ClO4. The van der Waals surface area contributed by atoms with E-state index in [9.17, 15) is 19.5 Å². The van der Waals surface area contributed by atoms with Gasteiger partial charge in [-0.1, -0.05) is 23.7 Å². The van der Waals surface area contributed by atoms with E-state index in [0.717, 1.165) is 0 Å². The number of ketones is 3. The molecule has 0 heterocycles. The highest BCUT2D eigenvalue weighted by molar-refractivity contribution is 6.30. The van der Waals surface area contributed by atoms with Crippen molar-refractivity contribution in [2.45, 2.75) is 38.7 Å². The molecule has 1 saturated carbocycles. The van der Waals surface area contributed by atoms with Gasteiger partial charge in [0.25, 0.3) is 0 Å². The summed E-state index contributed by atoms with van der Waals surface area (Å²) < 4.78 is 0. The quantitative estimate of drug-likeness (QED) is 0.868. The molecule has 0 bridgehead atoms. The van der Waals surface area contributed by atoms with Gasteiger partial charge in [0.05, 0.1) is 17.4 Å². The first-order valence-electron chi connectivity index (χ1n) is 7.16. The molecule has 0 spiro atoms. The SMILES string of the molecule is CC(=O)[C@@H]1C(=O)C[C@](C)(O)[C@@H](C(C)=O)[C@@H]1c1ccc(Cl)cc1. The Hall–Kier alpha value is -1.52. The molecule has 1 aliphatic rings. The van der Waals surface area contributed by atoms with Crippen LogP contribution in [0.25, 0.3) is 0 Å². The van der Waals surface area contributed by atoms with E-state index in [4.69, 9.17) is 11.6 Å². The summed E-state index contributed by atoms with van der Waals surface area (Å²) in [5, 5.41) is 11.1. The van der Waals surface area contributed by atoms with E-state index < -0.39 is 23.4 Å². The first kappa shape index (κ1) is 16.8. The smallest absolute Gasteiger partial charge is 0.146 e. The molecule has 22 heavy (non-hydrogen) atoms. The minimum absolute atomic E-state index is 0.189. The van der Waals surface area contributed by atoms with Crippen LogP contribution in [-0.4, -0.2) is 28.1 Å².